The van der Waals surface area contributed by atoms with Crippen LogP contribution in [-0.2, 0) is 0 Å². The van der Waals surface area contributed by atoms with E-state index >= 15 is 0 Å². The Morgan fingerprint density at radius 3 is 2.42 bits per heavy atom. The molecule has 5 aromatic rings. The molecule has 0 aliphatic carbocycles. The molecule has 3 aromatic heterocycles. The highest BCUT2D eigenvalue weighted by Crippen LogP contribution is 2.34. The van der Waals surface area contributed by atoms with Gasteiger partial charge >= 0.3 is 5.97 Å². The Bertz CT molecular complexity index is 1610. The third-order valence-corrected chi connectivity index (χ3v) is 5.33. The van der Waals surface area contributed by atoms with E-state index in [9.17, 15) is 27.5 Å². The zero-order valence-electron chi connectivity index (χ0n) is 16.8. The van der Waals surface area contributed by atoms with Crippen molar-refractivity contribution in [3.8, 4) is 16.8 Å². The topological polar surface area (TPSA) is 80.9 Å². The number of carboxylic acids is 1. The zero-order valence-corrected chi connectivity index (χ0v) is 16.8. The Morgan fingerprint density at radius 1 is 0.939 bits per heavy atom. The fourth-order valence-corrected chi connectivity index (χ4v) is 3.92. The number of pyridine rings is 2. The van der Waals surface area contributed by atoms with Crippen LogP contribution in [-0.4, -0.2) is 30.6 Å². The molecule has 0 atom stereocenters. The molecule has 6 nitrogen and oxygen atoms in total. The molecule has 0 aliphatic rings. The smallest absolute Gasteiger partial charge is 0.337 e. The molecule has 0 amide bonds. The summed E-state index contributed by atoms with van der Waals surface area (Å²) in [7, 11) is 0. The van der Waals surface area contributed by atoms with Gasteiger partial charge in [-0.15, -0.1) is 0 Å². The predicted octanol–water partition coefficient (Wildman–Crippen LogP) is 5.20. The van der Waals surface area contributed by atoms with Gasteiger partial charge in [0, 0.05) is 18.0 Å². The van der Waals surface area contributed by atoms with E-state index in [1.165, 1.54) is 35.0 Å². The van der Waals surface area contributed by atoms with E-state index < -0.39 is 29.4 Å². The monoisotopic (exact) mass is 452 g/mol. The average Bonchev–Trinajstić information content (AvgIpc) is 3.12. The number of imidazole rings is 1. The minimum absolute atomic E-state index is 0.0421. The van der Waals surface area contributed by atoms with E-state index in [0.29, 0.717) is 0 Å². The van der Waals surface area contributed by atoms with Crippen LogP contribution in [0.25, 0.3) is 38.8 Å². The largest absolute Gasteiger partial charge is 0.478 e. The van der Waals surface area contributed by atoms with Crippen LogP contribution in [0.1, 0.15) is 16.2 Å². The number of aromatic nitrogens is 4. The summed E-state index contributed by atoms with van der Waals surface area (Å²) < 4.78 is 58.7. The second kappa shape index (κ2) is 7.37. The molecule has 0 aliphatic heterocycles. The predicted molar refractivity (Wildman–Crippen MR) is 111 cm³/mol. The van der Waals surface area contributed by atoms with Crippen molar-refractivity contribution in [1.82, 2.24) is 19.5 Å². The normalized spacial score (nSPS) is 11.4. The van der Waals surface area contributed by atoms with Gasteiger partial charge in [0.15, 0.2) is 5.82 Å². The Kier molecular flexibility index (Phi) is 4.59. The van der Waals surface area contributed by atoms with Gasteiger partial charge in [-0.2, -0.15) is 4.39 Å². The minimum atomic E-state index is -1.35. The van der Waals surface area contributed by atoms with Crippen molar-refractivity contribution in [2.45, 2.75) is 6.92 Å². The minimum Gasteiger partial charge on any atom is -0.478 e. The van der Waals surface area contributed by atoms with Crippen LogP contribution in [0, 0.1) is 30.3 Å². The second-order valence-electron chi connectivity index (χ2n) is 7.24. The first-order chi connectivity index (χ1) is 15.8. The molecule has 2 aromatic carbocycles. The Hall–Kier alpha value is -4.34. The lowest BCUT2D eigenvalue weighted by Crippen LogP contribution is -2.03. The standard InChI is InChI=1S/C23H12F4N4O2/c1-10-30-20-13(23(32)33)8-11(12-4-6-29-22(27)19(12)26)9-17(20)31(10)16-5-7-28-21-15(25)3-2-14(24)18(16)21/h2-9H,1H3,(H,32,33). The maximum atomic E-state index is 14.8. The molecular weight excluding hydrogens is 440 g/mol. The molecule has 0 spiro atoms. The number of halogens is 4. The molecule has 0 bridgehead atoms. The van der Waals surface area contributed by atoms with Gasteiger partial charge in [0.2, 0.25) is 5.95 Å². The third kappa shape index (κ3) is 3.10. The Labute approximate surface area is 182 Å². The summed E-state index contributed by atoms with van der Waals surface area (Å²) in [5.41, 5.74) is -0.280. The van der Waals surface area contributed by atoms with Crippen molar-refractivity contribution in [1.29, 1.82) is 0 Å². The van der Waals surface area contributed by atoms with E-state index in [-0.39, 0.29) is 50.1 Å². The van der Waals surface area contributed by atoms with Crippen molar-refractivity contribution in [3.05, 3.63) is 83.6 Å². The fourth-order valence-electron chi connectivity index (χ4n) is 3.92. The molecule has 0 saturated heterocycles. The van der Waals surface area contributed by atoms with Crippen LogP contribution in [0.2, 0.25) is 0 Å². The van der Waals surface area contributed by atoms with Crippen LogP contribution in [0.5, 0.6) is 0 Å². The summed E-state index contributed by atoms with van der Waals surface area (Å²) in [5.74, 6) is -5.16. The first-order valence-corrected chi connectivity index (χ1v) is 9.57. The molecule has 164 valence electrons. The number of rotatable bonds is 3. The van der Waals surface area contributed by atoms with E-state index in [2.05, 4.69) is 15.0 Å². The van der Waals surface area contributed by atoms with Crippen molar-refractivity contribution < 1.29 is 27.5 Å². The lowest BCUT2D eigenvalue weighted by Gasteiger charge is -2.13. The van der Waals surface area contributed by atoms with E-state index in [0.717, 1.165) is 18.3 Å². The van der Waals surface area contributed by atoms with Crippen molar-refractivity contribution >= 4 is 27.9 Å². The molecule has 3 heterocycles. The van der Waals surface area contributed by atoms with Crippen molar-refractivity contribution in [3.63, 3.8) is 0 Å². The van der Waals surface area contributed by atoms with Gasteiger partial charge in [0.25, 0.3) is 0 Å². The van der Waals surface area contributed by atoms with Crippen molar-refractivity contribution in [2.75, 3.05) is 0 Å². The highest BCUT2D eigenvalue weighted by atomic mass is 19.2. The fraction of sp³-hybridized carbons (Fsp3) is 0.0435. The number of nitrogens with zero attached hydrogens (tertiary/aromatic N) is 4. The highest BCUT2D eigenvalue weighted by molar-refractivity contribution is 6.04. The van der Waals surface area contributed by atoms with E-state index in [4.69, 9.17) is 0 Å². The van der Waals surface area contributed by atoms with Crippen LogP contribution in [0.15, 0.2) is 48.8 Å². The molecule has 0 fully saturated rings. The van der Waals surface area contributed by atoms with Crippen LogP contribution in [0.4, 0.5) is 17.6 Å². The third-order valence-electron chi connectivity index (χ3n) is 5.33. The van der Waals surface area contributed by atoms with Crippen LogP contribution >= 0.6 is 0 Å². The summed E-state index contributed by atoms with van der Waals surface area (Å²) in [6, 6.07) is 7.12. The SMILES string of the molecule is Cc1nc2c(C(=O)O)cc(-c3ccnc(F)c3F)cc2n1-c1ccnc2c(F)ccc(F)c12. The number of fused-ring (bicyclic) bond motifs is 2. The average molecular weight is 452 g/mol. The van der Waals surface area contributed by atoms with Gasteiger partial charge in [-0.1, -0.05) is 0 Å². The number of carboxylic acid groups (broad SMARTS) is 1. The number of benzene rings is 2. The molecular formula is C23H12F4N4O2. The van der Waals surface area contributed by atoms with Crippen molar-refractivity contribution in [2.24, 2.45) is 0 Å². The van der Waals surface area contributed by atoms with Gasteiger partial charge in [0.1, 0.15) is 28.5 Å². The van der Waals surface area contributed by atoms with E-state index in [1.54, 1.807) is 6.92 Å². The molecule has 0 unspecified atom stereocenters. The van der Waals surface area contributed by atoms with Gasteiger partial charge < -0.3 is 5.11 Å². The van der Waals surface area contributed by atoms with Gasteiger partial charge in [-0.3, -0.25) is 9.55 Å². The number of hydrogen-bond donors (Lipinski definition) is 1. The van der Waals surface area contributed by atoms with Crippen LogP contribution in [0.3, 0.4) is 0 Å². The molecule has 0 saturated carbocycles. The summed E-state index contributed by atoms with van der Waals surface area (Å²) in [6.45, 7) is 1.56. The second-order valence-corrected chi connectivity index (χ2v) is 7.24. The number of carbonyl (C=O) groups is 1. The van der Waals surface area contributed by atoms with Gasteiger partial charge in [0.05, 0.1) is 22.2 Å². The number of aryl methyl sites for hydroxylation is 1. The molecule has 33 heavy (non-hydrogen) atoms. The van der Waals surface area contributed by atoms with Gasteiger partial charge in [-0.25, -0.2) is 27.9 Å². The first kappa shape index (κ1) is 20.6. The zero-order chi connectivity index (χ0) is 23.4. The molecule has 5 rings (SSSR count). The summed E-state index contributed by atoms with van der Waals surface area (Å²) >= 11 is 0. The lowest BCUT2D eigenvalue weighted by molar-refractivity contribution is 0.0699. The number of hydrogen-bond acceptors (Lipinski definition) is 4. The first-order valence-electron chi connectivity index (χ1n) is 9.57. The molecule has 1 N–H and O–H groups in total. The Balaban J connectivity index is 1.92. The number of aromatic carboxylic acids is 1. The summed E-state index contributed by atoms with van der Waals surface area (Å²) in [4.78, 5) is 23.4. The van der Waals surface area contributed by atoms with Gasteiger partial charge in [-0.05, 0) is 48.9 Å². The quantitative estimate of drug-likeness (QED) is 0.301. The Morgan fingerprint density at radius 2 is 1.67 bits per heavy atom. The van der Waals surface area contributed by atoms with Crippen LogP contribution < -0.4 is 0 Å². The molecule has 0 radical (unpaired) electrons. The molecule has 10 heteroatoms. The highest BCUT2D eigenvalue weighted by Gasteiger charge is 2.22. The van der Waals surface area contributed by atoms with E-state index in [1.807, 2.05) is 0 Å². The lowest BCUT2D eigenvalue weighted by atomic mass is 10.0. The summed E-state index contributed by atoms with van der Waals surface area (Å²) in [6.07, 6.45) is 2.33. The maximum absolute atomic E-state index is 14.8. The maximum Gasteiger partial charge on any atom is 0.337 e. The summed E-state index contributed by atoms with van der Waals surface area (Å²) in [5, 5.41) is 9.62.